The second-order valence-corrected chi connectivity index (χ2v) is 5.12. The van der Waals surface area contributed by atoms with Crippen LogP contribution in [0, 0.1) is 6.92 Å². The van der Waals surface area contributed by atoms with E-state index in [4.69, 9.17) is 0 Å². The zero-order valence-corrected chi connectivity index (χ0v) is 12.7. The van der Waals surface area contributed by atoms with Gasteiger partial charge in [0.2, 0.25) is 0 Å². The van der Waals surface area contributed by atoms with E-state index in [1.165, 1.54) is 7.11 Å². The fraction of sp³-hybridized carbons (Fsp3) is 0.385. The molecule has 104 valence electrons. The monoisotopic (exact) mass is 328 g/mol. The summed E-state index contributed by atoms with van der Waals surface area (Å²) in [6.07, 6.45) is 0.138. The molecule has 6 heteroatoms. The number of hydrogen-bond donors (Lipinski definition) is 2. The maximum atomic E-state index is 11.7. The lowest BCUT2D eigenvalue weighted by atomic mass is 10.2. The average Bonchev–Trinajstić information content (AvgIpc) is 2.32. The Kier molecular flexibility index (Phi) is 5.82. The van der Waals surface area contributed by atoms with Crippen molar-refractivity contribution in [3.63, 3.8) is 0 Å². The van der Waals surface area contributed by atoms with Crippen LogP contribution in [0.2, 0.25) is 0 Å². The zero-order chi connectivity index (χ0) is 14.4. The second kappa shape index (κ2) is 7.13. The molecule has 0 aliphatic carbocycles. The lowest BCUT2D eigenvalue weighted by molar-refractivity contribution is -0.141. The second-order valence-electron chi connectivity index (χ2n) is 4.26. The molecule has 0 aliphatic heterocycles. The van der Waals surface area contributed by atoms with Gasteiger partial charge < -0.3 is 15.4 Å². The van der Waals surface area contributed by atoms with Crippen molar-refractivity contribution in [1.82, 2.24) is 5.32 Å². The number of benzene rings is 1. The van der Waals surface area contributed by atoms with E-state index in [1.807, 2.05) is 25.1 Å². The van der Waals surface area contributed by atoms with E-state index in [2.05, 4.69) is 31.3 Å². The lowest BCUT2D eigenvalue weighted by Crippen LogP contribution is -2.37. The molecule has 0 aliphatic rings. The van der Waals surface area contributed by atoms with Gasteiger partial charge in [0.05, 0.1) is 19.2 Å². The number of ether oxygens (including phenoxy) is 1. The first-order chi connectivity index (χ1) is 8.92. The first-order valence-corrected chi connectivity index (χ1v) is 6.62. The summed E-state index contributed by atoms with van der Waals surface area (Å²) in [5.41, 5.74) is 1.77. The van der Waals surface area contributed by atoms with Gasteiger partial charge in [-0.1, -0.05) is 6.07 Å². The number of carbonyl (C=O) groups is 2. The van der Waals surface area contributed by atoms with Gasteiger partial charge in [-0.25, -0.2) is 4.79 Å². The molecule has 0 heterocycles. The van der Waals surface area contributed by atoms with Gasteiger partial charge in [-0.05, 0) is 47.5 Å². The number of nitrogens with one attached hydrogen (secondary N) is 2. The Labute approximate surface area is 120 Å². The number of aryl methyl sites for hydroxylation is 1. The molecule has 2 amide bonds. The number of amides is 2. The van der Waals surface area contributed by atoms with Crippen molar-refractivity contribution < 1.29 is 14.3 Å². The van der Waals surface area contributed by atoms with Crippen molar-refractivity contribution >= 4 is 33.6 Å². The molecule has 1 aromatic carbocycles. The third kappa shape index (κ3) is 5.30. The molecule has 2 N–H and O–H groups in total. The number of carbonyl (C=O) groups excluding carboxylic acids is 2. The standard InChI is InChI=1S/C13H17BrN2O3/c1-8-4-5-11(10(14)6-8)16-13(18)15-9(2)7-12(17)19-3/h4-6,9H,7H2,1-3H3,(H2,15,16,18). The Bertz CT molecular complexity index is 477. The molecule has 0 radical (unpaired) electrons. The summed E-state index contributed by atoms with van der Waals surface area (Å²) in [6.45, 7) is 3.70. The summed E-state index contributed by atoms with van der Waals surface area (Å²) in [4.78, 5) is 22.8. The van der Waals surface area contributed by atoms with Crippen LogP contribution in [0.15, 0.2) is 22.7 Å². The third-order valence-electron chi connectivity index (χ3n) is 2.45. The van der Waals surface area contributed by atoms with E-state index in [0.29, 0.717) is 5.69 Å². The quantitative estimate of drug-likeness (QED) is 0.835. The normalized spacial score (nSPS) is 11.6. The average molecular weight is 329 g/mol. The highest BCUT2D eigenvalue weighted by Gasteiger charge is 2.12. The Balaban J connectivity index is 2.53. The molecule has 0 saturated carbocycles. The number of rotatable bonds is 4. The largest absolute Gasteiger partial charge is 0.469 e. The molecule has 1 aromatic rings. The summed E-state index contributed by atoms with van der Waals surface area (Å²) in [5, 5.41) is 5.37. The van der Waals surface area contributed by atoms with Crippen molar-refractivity contribution in [3.8, 4) is 0 Å². The van der Waals surface area contributed by atoms with Gasteiger partial charge in [-0.15, -0.1) is 0 Å². The Morgan fingerprint density at radius 1 is 1.42 bits per heavy atom. The highest BCUT2D eigenvalue weighted by atomic mass is 79.9. The fourth-order valence-corrected chi connectivity index (χ4v) is 2.08. The van der Waals surface area contributed by atoms with Gasteiger partial charge in [-0.2, -0.15) is 0 Å². The van der Waals surface area contributed by atoms with Crippen LogP contribution < -0.4 is 10.6 Å². The molecule has 0 saturated heterocycles. The molecule has 1 rings (SSSR count). The summed E-state index contributed by atoms with van der Waals surface area (Å²) in [6, 6.07) is 4.97. The molecule has 5 nitrogen and oxygen atoms in total. The van der Waals surface area contributed by atoms with Gasteiger partial charge in [0.1, 0.15) is 0 Å². The molecule has 19 heavy (non-hydrogen) atoms. The van der Waals surface area contributed by atoms with E-state index < -0.39 is 0 Å². The van der Waals surface area contributed by atoms with Crippen molar-refractivity contribution in [2.75, 3.05) is 12.4 Å². The van der Waals surface area contributed by atoms with E-state index in [1.54, 1.807) is 6.92 Å². The molecule has 0 fully saturated rings. The van der Waals surface area contributed by atoms with Crippen LogP contribution in [0.5, 0.6) is 0 Å². The van der Waals surface area contributed by atoms with E-state index in [0.717, 1.165) is 10.0 Å². The van der Waals surface area contributed by atoms with Crippen LogP contribution in [0.1, 0.15) is 18.9 Å². The predicted octanol–water partition coefficient (Wildman–Crippen LogP) is 2.83. The highest BCUT2D eigenvalue weighted by Crippen LogP contribution is 2.23. The van der Waals surface area contributed by atoms with E-state index in [9.17, 15) is 9.59 Å². The minimum absolute atomic E-state index is 0.138. The van der Waals surface area contributed by atoms with Gasteiger partial charge in [0.25, 0.3) is 0 Å². The molecule has 1 unspecified atom stereocenters. The van der Waals surface area contributed by atoms with Crippen molar-refractivity contribution in [3.05, 3.63) is 28.2 Å². The van der Waals surface area contributed by atoms with Crippen LogP contribution in [0.3, 0.4) is 0 Å². The summed E-state index contributed by atoms with van der Waals surface area (Å²) < 4.78 is 5.34. The van der Waals surface area contributed by atoms with Crippen LogP contribution in [-0.2, 0) is 9.53 Å². The highest BCUT2D eigenvalue weighted by molar-refractivity contribution is 9.10. The van der Waals surface area contributed by atoms with Gasteiger partial charge >= 0.3 is 12.0 Å². The van der Waals surface area contributed by atoms with Crippen LogP contribution in [0.25, 0.3) is 0 Å². The summed E-state index contributed by atoms with van der Waals surface area (Å²) >= 11 is 3.38. The zero-order valence-electron chi connectivity index (χ0n) is 11.1. The molecule has 0 aromatic heterocycles. The Hall–Kier alpha value is -1.56. The van der Waals surface area contributed by atoms with E-state index in [-0.39, 0.29) is 24.5 Å². The van der Waals surface area contributed by atoms with Gasteiger partial charge in [0.15, 0.2) is 0 Å². The fourth-order valence-electron chi connectivity index (χ4n) is 1.49. The van der Waals surface area contributed by atoms with Crippen molar-refractivity contribution in [1.29, 1.82) is 0 Å². The minimum atomic E-state index is -0.360. The van der Waals surface area contributed by atoms with Crippen LogP contribution in [-0.4, -0.2) is 25.2 Å². The number of anilines is 1. The number of esters is 1. The summed E-state index contributed by atoms with van der Waals surface area (Å²) in [5.74, 6) is -0.357. The topological polar surface area (TPSA) is 67.4 Å². The number of methoxy groups -OCH3 is 1. The lowest BCUT2D eigenvalue weighted by Gasteiger charge is -2.14. The predicted molar refractivity (Wildman–Crippen MR) is 77.1 cm³/mol. The van der Waals surface area contributed by atoms with Gasteiger partial charge in [-0.3, -0.25) is 4.79 Å². The maximum Gasteiger partial charge on any atom is 0.319 e. The van der Waals surface area contributed by atoms with Crippen LogP contribution in [0.4, 0.5) is 10.5 Å². The molecule has 1 atom stereocenters. The smallest absolute Gasteiger partial charge is 0.319 e. The number of hydrogen-bond acceptors (Lipinski definition) is 3. The number of halogens is 1. The van der Waals surface area contributed by atoms with Crippen LogP contribution >= 0.6 is 15.9 Å². The maximum absolute atomic E-state index is 11.7. The van der Waals surface area contributed by atoms with Crippen molar-refractivity contribution in [2.45, 2.75) is 26.3 Å². The Morgan fingerprint density at radius 2 is 2.11 bits per heavy atom. The SMILES string of the molecule is COC(=O)CC(C)NC(=O)Nc1ccc(C)cc1Br. The third-order valence-corrected chi connectivity index (χ3v) is 3.11. The first kappa shape index (κ1) is 15.5. The molecular weight excluding hydrogens is 312 g/mol. The molecule has 0 bridgehead atoms. The Morgan fingerprint density at radius 3 is 2.68 bits per heavy atom. The molecular formula is C13H17BrN2O3. The molecule has 0 spiro atoms. The number of urea groups is 1. The minimum Gasteiger partial charge on any atom is -0.469 e. The van der Waals surface area contributed by atoms with Crippen molar-refractivity contribution in [2.24, 2.45) is 0 Å². The van der Waals surface area contributed by atoms with E-state index >= 15 is 0 Å². The first-order valence-electron chi connectivity index (χ1n) is 5.83. The summed E-state index contributed by atoms with van der Waals surface area (Å²) in [7, 11) is 1.32. The van der Waals surface area contributed by atoms with Gasteiger partial charge in [0, 0.05) is 10.5 Å².